The Balaban J connectivity index is 1.45. The molecule has 6 nitrogen and oxygen atoms in total. The van der Waals surface area contributed by atoms with Crippen molar-refractivity contribution < 1.29 is 19.1 Å². The molecule has 1 saturated heterocycles. The van der Waals surface area contributed by atoms with Gasteiger partial charge < -0.3 is 19.3 Å². The van der Waals surface area contributed by atoms with Crippen LogP contribution >= 0.6 is 35.1 Å². The maximum atomic E-state index is 14.4. The number of rotatable bonds is 12. The number of amides is 2. The summed E-state index contributed by atoms with van der Waals surface area (Å²) in [6.07, 6.45) is 0. The zero-order valence-electron chi connectivity index (χ0n) is 24.0. The molecular formula is C34H33ClN2O4S2. The van der Waals surface area contributed by atoms with Crippen LogP contribution in [0.3, 0.4) is 0 Å². The molecule has 4 aromatic carbocycles. The number of halogens is 1. The van der Waals surface area contributed by atoms with E-state index in [1.807, 2.05) is 103 Å². The molecule has 2 amide bonds. The van der Waals surface area contributed by atoms with Gasteiger partial charge in [0.05, 0.1) is 14.2 Å². The lowest BCUT2D eigenvalue weighted by atomic mass is 10.1. The van der Waals surface area contributed by atoms with Gasteiger partial charge in [-0.25, -0.2) is 0 Å². The van der Waals surface area contributed by atoms with Crippen LogP contribution in [-0.4, -0.2) is 46.6 Å². The summed E-state index contributed by atoms with van der Waals surface area (Å²) in [5.41, 5.74) is 3.98. The summed E-state index contributed by atoms with van der Waals surface area (Å²) in [4.78, 5) is 32.3. The molecule has 2 unspecified atom stereocenters. The fraction of sp³-hybridized carbons (Fsp3) is 0.235. The van der Waals surface area contributed by atoms with Gasteiger partial charge in [-0.1, -0.05) is 78.3 Å². The molecule has 4 aromatic rings. The predicted octanol–water partition coefficient (Wildman–Crippen LogP) is 7.25. The van der Waals surface area contributed by atoms with Crippen molar-refractivity contribution in [3.8, 4) is 11.5 Å². The number of piperazine rings is 1. The lowest BCUT2D eigenvalue weighted by molar-refractivity contribution is -0.154. The minimum atomic E-state index is -0.688. The number of methoxy groups -OCH3 is 2. The van der Waals surface area contributed by atoms with Crippen LogP contribution in [0.25, 0.3) is 0 Å². The van der Waals surface area contributed by atoms with Crippen molar-refractivity contribution >= 4 is 46.9 Å². The fourth-order valence-corrected chi connectivity index (χ4v) is 7.27. The minimum Gasteiger partial charge on any atom is -0.497 e. The smallest absolute Gasteiger partial charge is 0.257 e. The van der Waals surface area contributed by atoms with Gasteiger partial charge in [-0.15, -0.1) is 23.5 Å². The Morgan fingerprint density at radius 1 is 0.581 bits per heavy atom. The number of thioether (sulfide) groups is 2. The van der Waals surface area contributed by atoms with E-state index in [4.69, 9.17) is 21.1 Å². The molecule has 0 spiro atoms. The van der Waals surface area contributed by atoms with Crippen molar-refractivity contribution in [2.75, 3.05) is 14.2 Å². The van der Waals surface area contributed by atoms with E-state index in [0.717, 1.165) is 33.8 Å². The molecule has 2 atom stereocenters. The molecule has 1 aliphatic heterocycles. The highest BCUT2D eigenvalue weighted by atomic mass is 35.5. The normalized spacial score (nSPS) is 16.8. The first-order valence-corrected chi connectivity index (χ1v) is 16.3. The predicted molar refractivity (Wildman–Crippen MR) is 175 cm³/mol. The van der Waals surface area contributed by atoms with Crippen LogP contribution in [0.4, 0.5) is 0 Å². The van der Waals surface area contributed by atoms with Crippen molar-refractivity contribution in [2.24, 2.45) is 0 Å². The van der Waals surface area contributed by atoms with Crippen molar-refractivity contribution in [2.45, 2.75) is 35.3 Å². The van der Waals surface area contributed by atoms with Crippen LogP contribution < -0.4 is 9.47 Å². The van der Waals surface area contributed by atoms with Crippen LogP contribution in [0.5, 0.6) is 11.5 Å². The monoisotopic (exact) mass is 632 g/mol. The molecule has 9 heteroatoms. The third-order valence-corrected chi connectivity index (χ3v) is 9.95. The van der Waals surface area contributed by atoms with Gasteiger partial charge >= 0.3 is 0 Å². The molecule has 0 radical (unpaired) electrons. The average Bonchev–Trinajstić information content (AvgIpc) is 3.05. The Morgan fingerprint density at radius 3 is 1.40 bits per heavy atom. The van der Waals surface area contributed by atoms with Crippen molar-refractivity contribution in [1.82, 2.24) is 9.80 Å². The van der Waals surface area contributed by atoms with Crippen LogP contribution in [0.1, 0.15) is 22.3 Å². The van der Waals surface area contributed by atoms with E-state index < -0.39 is 10.7 Å². The number of nitrogens with zero attached hydrogens (tertiary/aromatic N) is 2. The molecule has 0 N–H and O–H groups in total. The van der Waals surface area contributed by atoms with Crippen LogP contribution in [0.2, 0.25) is 5.02 Å². The molecule has 43 heavy (non-hydrogen) atoms. The fourth-order valence-electron chi connectivity index (χ4n) is 4.79. The van der Waals surface area contributed by atoms with Crippen molar-refractivity contribution in [3.05, 3.63) is 130 Å². The summed E-state index contributed by atoms with van der Waals surface area (Å²) >= 11 is 9.08. The van der Waals surface area contributed by atoms with E-state index in [1.165, 1.54) is 23.5 Å². The number of benzene rings is 4. The third-order valence-electron chi connectivity index (χ3n) is 7.15. The first kappa shape index (κ1) is 30.9. The van der Waals surface area contributed by atoms with Crippen molar-refractivity contribution in [1.29, 1.82) is 0 Å². The Bertz CT molecular complexity index is 1500. The Kier molecular flexibility index (Phi) is 10.6. The van der Waals surface area contributed by atoms with E-state index in [1.54, 1.807) is 24.0 Å². The molecule has 0 bridgehead atoms. The second-order valence-electron chi connectivity index (χ2n) is 10.1. The molecule has 222 valence electrons. The van der Waals surface area contributed by atoms with E-state index >= 15 is 0 Å². The molecule has 0 aromatic heterocycles. The summed E-state index contributed by atoms with van der Waals surface area (Å²) in [5, 5.41) is -0.746. The number of carbonyl (C=O) groups is 2. The Morgan fingerprint density at radius 2 is 0.977 bits per heavy atom. The standard InChI is InChI=1S/C34H33ClN2O4S2/c1-40-29-16-10-26(11-17-29)22-42-33-32(39)37(21-25-8-14-28(35)15-9-25)34(43-23-27-12-18-30(41-2)19-13-27)31(38)36(33)20-24-6-4-3-5-7-24/h3-19,33-34H,20-23H2,1-2H3. The zero-order valence-corrected chi connectivity index (χ0v) is 26.4. The zero-order chi connectivity index (χ0) is 30.2. The molecule has 1 heterocycles. The highest BCUT2D eigenvalue weighted by Gasteiger charge is 2.46. The summed E-state index contributed by atoms with van der Waals surface area (Å²) < 4.78 is 10.6. The Hall–Kier alpha value is -3.59. The van der Waals surface area contributed by atoms with E-state index in [2.05, 4.69) is 0 Å². The van der Waals surface area contributed by atoms with Gasteiger partial charge in [0.25, 0.3) is 11.8 Å². The van der Waals surface area contributed by atoms with Gasteiger partial charge in [0.1, 0.15) is 11.5 Å². The lowest BCUT2D eigenvalue weighted by Gasteiger charge is -2.44. The second-order valence-corrected chi connectivity index (χ2v) is 12.6. The number of carbonyl (C=O) groups excluding carboxylic acids is 2. The number of hydrogen-bond acceptors (Lipinski definition) is 6. The SMILES string of the molecule is COc1ccc(CSC2C(=O)N(Cc3ccc(Cl)cc3)C(SCc3ccc(OC)cc3)C(=O)N2Cc2ccccc2)cc1. The van der Waals surface area contributed by atoms with Crippen LogP contribution in [-0.2, 0) is 34.2 Å². The summed E-state index contributed by atoms with van der Waals surface area (Å²) in [6.45, 7) is 0.654. The maximum Gasteiger partial charge on any atom is 0.257 e. The minimum absolute atomic E-state index is 0.0804. The quantitative estimate of drug-likeness (QED) is 0.164. The summed E-state index contributed by atoms with van der Waals surface area (Å²) in [6, 6.07) is 32.8. The van der Waals surface area contributed by atoms with E-state index in [-0.39, 0.29) is 11.8 Å². The molecule has 0 aliphatic carbocycles. The highest BCUT2D eigenvalue weighted by Crippen LogP contribution is 2.36. The molecule has 0 saturated carbocycles. The average molecular weight is 633 g/mol. The van der Waals surface area contributed by atoms with E-state index in [9.17, 15) is 9.59 Å². The van der Waals surface area contributed by atoms with Gasteiger partial charge in [-0.2, -0.15) is 0 Å². The van der Waals surface area contributed by atoms with E-state index in [0.29, 0.717) is 29.6 Å². The number of ether oxygens (including phenoxy) is 2. The largest absolute Gasteiger partial charge is 0.497 e. The lowest BCUT2D eigenvalue weighted by Crippen LogP contribution is -2.62. The summed E-state index contributed by atoms with van der Waals surface area (Å²) in [7, 11) is 3.27. The first-order chi connectivity index (χ1) is 20.9. The third kappa shape index (κ3) is 7.88. The van der Waals surface area contributed by atoms with Gasteiger partial charge in [0.15, 0.2) is 10.7 Å². The molecule has 5 rings (SSSR count). The Labute approximate surface area is 266 Å². The van der Waals surface area contributed by atoms with Gasteiger partial charge in [0, 0.05) is 29.6 Å². The molecular weight excluding hydrogens is 600 g/mol. The summed E-state index contributed by atoms with van der Waals surface area (Å²) in [5.74, 6) is 2.51. The van der Waals surface area contributed by atoms with Crippen molar-refractivity contribution in [3.63, 3.8) is 0 Å². The maximum absolute atomic E-state index is 14.4. The van der Waals surface area contributed by atoms with Gasteiger partial charge in [-0.3, -0.25) is 9.59 Å². The molecule has 1 fully saturated rings. The first-order valence-electron chi connectivity index (χ1n) is 13.8. The van der Waals surface area contributed by atoms with Gasteiger partial charge in [0.2, 0.25) is 0 Å². The number of hydrogen-bond donors (Lipinski definition) is 0. The second kappa shape index (κ2) is 14.7. The molecule has 1 aliphatic rings. The topological polar surface area (TPSA) is 59.1 Å². The van der Waals surface area contributed by atoms with Gasteiger partial charge in [-0.05, 0) is 58.7 Å². The van der Waals surface area contributed by atoms with Crippen LogP contribution in [0, 0.1) is 0 Å². The van der Waals surface area contributed by atoms with Crippen LogP contribution in [0.15, 0.2) is 103 Å². The highest BCUT2D eigenvalue weighted by molar-refractivity contribution is 8.00.